The number of nitrogens with zero attached hydrogens (tertiary/aromatic N) is 2. The summed E-state index contributed by atoms with van der Waals surface area (Å²) in [5.41, 5.74) is 0.567. The molecule has 6 heteroatoms. The average molecular weight is 340 g/mol. The van der Waals surface area contributed by atoms with Crippen molar-refractivity contribution in [3.63, 3.8) is 0 Å². The molecule has 2 atom stereocenters. The van der Waals surface area contributed by atoms with Crippen LogP contribution in [0.15, 0.2) is 18.2 Å². The molecule has 0 aromatic heterocycles. The number of carbonyl (C=O) groups excluding carboxylic acids is 1. The molecule has 1 aromatic rings. The van der Waals surface area contributed by atoms with Gasteiger partial charge in [0.25, 0.3) is 0 Å². The number of hydrogen-bond acceptors (Lipinski definition) is 3. The molecule has 4 nitrogen and oxygen atoms in total. The van der Waals surface area contributed by atoms with Crippen LogP contribution in [0.4, 0.5) is 8.78 Å². The molecular formula is C18H26F2N2O2. The Morgan fingerprint density at radius 2 is 1.92 bits per heavy atom. The number of aliphatic hydroxyl groups is 1. The number of rotatable bonds is 5. The quantitative estimate of drug-likeness (QED) is 0.896. The van der Waals surface area contributed by atoms with Crippen LogP contribution in [0, 0.1) is 17.6 Å². The molecule has 0 bridgehead atoms. The SMILES string of the molecule is CC(O)C1CCN(CC(=O)N(C)C(C)c2ccc(F)c(F)c2)CC1. The average Bonchev–Trinajstić information content (AvgIpc) is 2.56. The van der Waals surface area contributed by atoms with Gasteiger partial charge in [0, 0.05) is 7.05 Å². The summed E-state index contributed by atoms with van der Waals surface area (Å²) in [5.74, 6) is -1.54. The van der Waals surface area contributed by atoms with Crippen molar-refractivity contribution in [2.45, 2.75) is 38.8 Å². The molecule has 0 saturated carbocycles. The number of carbonyl (C=O) groups is 1. The van der Waals surface area contributed by atoms with E-state index in [9.17, 15) is 18.7 Å². The topological polar surface area (TPSA) is 43.8 Å². The first-order valence-electron chi connectivity index (χ1n) is 8.40. The van der Waals surface area contributed by atoms with Crippen LogP contribution in [0.2, 0.25) is 0 Å². The van der Waals surface area contributed by atoms with Crippen LogP contribution >= 0.6 is 0 Å². The molecule has 1 heterocycles. The van der Waals surface area contributed by atoms with Crippen LogP contribution in [0.25, 0.3) is 0 Å². The minimum atomic E-state index is -0.902. The Morgan fingerprint density at radius 3 is 2.46 bits per heavy atom. The second-order valence-electron chi connectivity index (χ2n) is 6.71. The van der Waals surface area contributed by atoms with E-state index in [1.807, 2.05) is 6.92 Å². The summed E-state index contributed by atoms with van der Waals surface area (Å²) in [4.78, 5) is 16.1. The monoisotopic (exact) mass is 340 g/mol. The lowest BCUT2D eigenvalue weighted by atomic mass is 9.92. The second kappa shape index (κ2) is 8.03. The Morgan fingerprint density at radius 1 is 1.29 bits per heavy atom. The van der Waals surface area contributed by atoms with Crippen LogP contribution in [0.5, 0.6) is 0 Å². The van der Waals surface area contributed by atoms with Gasteiger partial charge in [0.2, 0.25) is 5.91 Å². The molecule has 134 valence electrons. The van der Waals surface area contributed by atoms with E-state index in [4.69, 9.17) is 0 Å². The van der Waals surface area contributed by atoms with Crippen LogP contribution in [0.3, 0.4) is 0 Å². The summed E-state index contributed by atoms with van der Waals surface area (Å²) in [6, 6.07) is 3.39. The van der Waals surface area contributed by atoms with E-state index >= 15 is 0 Å². The Bertz CT molecular complexity index is 572. The zero-order chi connectivity index (χ0) is 17.9. The molecule has 2 rings (SSSR count). The van der Waals surface area contributed by atoms with Gasteiger partial charge in [-0.1, -0.05) is 6.07 Å². The lowest BCUT2D eigenvalue weighted by molar-refractivity contribution is -0.133. The summed E-state index contributed by atoms with van der Waals surface area (Å²) >= 11 is 0. The van der Waals surface area contributed by atoms with Gasteiger partial charge in [0.15, 0.2) is 11.6 Å². The molecule has 1 aliphatic rings. The molecule has 1 saturated heterocycles. The van der Waals surface area contributed by atoms with Crippen molar-refractivity contribution in [2.75, 3.05) is 26.7 Å². The predicted molar refractivity (Wildman–Crippen MR) is 88.4 cm³/mol. The molecule has 24 heavy (non-hydrogen) atoms. The maximum Gasteiger partial charge on any atom is 0.236 e. The van der Waals surface area contributed by atoms with E-state index in [2.05, 4.69) is 4.90 Å². The number of likely N-dealkylation sites (tertiary alicyclic amines) is 1. The summed E-state index contributed by atoms with van der Waals surface area (Å²) in [5, 5.41) is 9.62. The van der Waals surface area contributed by atoms with Crippen LogP contribution in [-0.2, 0) is 4.79 Å². The van der Waals surface area contributed by atoms with Crippen LogP contribution in [0.1, 0.15) is 38.3 Å². The number of amides is 1. The van der Waals surface area contributed by atoms with Gasteiger partial charge in [-0.25, -0.2) is 8.78 Å². The predicted octanol–water partition coefficient (Wildman–Crippen LogP) is 2.58. The van der Waals surface area contributed by atoms with Gasteiger partial charge in [-0.05, 0) is 63.4 Å². The van der Waals surface area contributed by atoms with Gasteiger partial charge in [0.1, 0.15) is 0 Å². The third-order valence-electron chi connectivity index (χ3n) is 5.07. The maximum absolute atomic E-state index is 13.4. The van der Waals surface area contributed by atoms with E-state index in [0.29, 0.717) is 18.0 Å². The van der Waals surface area contributed by atoms with Crippen molar-refractivity contribution in [1.82, 2.24) is 9.80 Å². The highest BCUT2D eigenvalue weighted by Crippen LogP contribution is 2.23. The fraction of sp³-hybridized carbons (Fsp3) is 0.611. The van der Waals surface area contributed by atoms with Gasteiger partial charge in [-0.15, -0.1) is 0 Å². The van der Waals surface area contributed by atoms with Crippen molar-refractivity contribution in [3.05, 3.63) is 35.4 Å². The number of likely N-dealkylation sites (N-methyl/N-ethyl adjacent to an activating group) is 1. The molecular weight excluding hydrogens is 314 g/mol. The minimum absolute atomic E-state index is 0.0530. The third kappa shape index (κ3) is 4.51. The Kier molecular flexibility index (Phi) is 6.29. The van der Waals surface area contributed by atoms with Gasteiger partial charge >= 0.3 is 0 Å². The molecule has 1 aliphatic heterocycles. The van der Waals surface area contributed by atoms with Gasteiger partial charge in [0.05, 0.1) is 18.7 Å². The molecule has 0 aliphatic carbocycles. The largest absolute Gasteiger partial charge is 0.393 e. The number of aliphatic hydroxyl groups excluding tert-OH is 1. The molecule has 1 amide bonds. The standard InChI is InChI=1S/C18H26F2N2O2/c1-12(15-4-5-16(19)17(20)10-15)21(3)18(24)11-22-8-6-14(7-9-22)13(2)23/h4-5,10,12-14,23H,6-9,11H2,1-3H3. The summed E-state index contributed by atoms with van der Waals surface area (Å²) in [7, 11) is 1.68. The fourth-order valence-corrected chi connectivity index (χ4v) is 3.11. The fourth-order valence-electron chi connectivity index (χ4n) is 3.11. The summed E-state index contributed by atoms with van der Waals surface area (Å²) < 4.78 is 26.4. The first-order chi connectivity index (χ1) is 11.3. The maximum atomic E-state index is 13.4. The van der Waals surface area contributed by atoms with E-state index in [0.717, 1.165) is 38.1 Å². The Balaban J connectivity index is 1.91. The lowest BCUT2D eigenvalue weighted by Gasteiger charge is -2.34. The molecule has 2 unspecified atom stereocenters. The van der Waals surface area contributed by atoms with E-state index in [1.54, 1.807) is 18.9 Å². The van der Waals surface area contributed by atoms with Crippen molar-refractivity contribution in [3.8, 4) is 0 Å². The number of benzene rings is 1. The highest BCUT2D eigenvalue weighted by atomic mass is 19.2. The Hall–Kier alpha value is -1.53. The highest BCUT2D eigenvalue weighted by molar-refractivity contribution is 5.78. The van der Waals surface area contributed by atoms with Crippen molar-refractivity contribution >= 4 is 5.91 Å². The highest BCUT2D eigenvalue weighted by Gasteiger charge is 2.26. The summed E-state index contributed by atoms with van der Waals surface area (Å²) in [6.45, 7) is 5.48. The van der Waals surface area contributed by atoms with Crippen LogP contribution in [-0.4, -0.2) is 53.6 Å². The molecule has 1 N–H and O–H groups in total. The van der Waals surface area contributed by atoms with Gasteiger partial charge in [-0.3, -0.25) is 9.69 Å². The smallest absolute Gasteiger partial charge is 0.236 e. The van der Waals surface area contributed by atoms with E-state index in [-0.39, 0.29) is 18.1 Å². The molecule has 0 spiro atoms. The Labute approximate surface area is 142 Å². The number of halogens is 2. The molecule has 1 fully saturated rings. The third-order valence-corrected chi connectivity index (χ3v) is 5.07. The lowest BCUT2D eigenvalue weighted by Crippen LogP contribution is -2.44. The van der Waals surface area contributed by atoms with Crippen molar-refractivity contribution < 1.29 is 18.7 Å². The van der Waals surface area contributed by atoms with Gasteiger partial charge in [-0.2, -0.15) is 0 Å². The molecule has 0 radical (unpaired) electrons. The van der Waals surface area contributed by atoms with Gasteiger partial charge < -0.3 is 10.0 Å². The number of hydrogen-bond donors (Lipinski definition) is 1. The zero-order valence-corrected chi connectivity index (χ0v) is 14.5. The minimum Gasteiger partial charge on any atom is -0.393 e. The van der Waals surface area contributed by atoms with Crippen molar-refractivity contribution in [2.24, 2.45) is 5.92 Å². The number of piperidine rings is 1. The van der Waals surface area contributed by atoms with E-state index < -0.39 is 11.6 Å². The first kappa shape index (κ1) is 18.8. The molecule has 1 aromatic carbocycles. The van der Waals surface area contributed by atoms with Crippen molar-refractivity contribution in [1.29, 1.82) is 0 Å². The first-order valence-corrected chi connectivity index (χ1v) is 8.40. The summed E-state index contributed by atoms with van der Waals surface area (Å²) in [6.07, 6.45) is 1.46. The normalized spacial score (nSPS) is 19.1. The van der Waals surface area contributed by atoms with E-state index in [1.165, 1.54) is 6.07 Å². The second-order valence-corrected chi connectivity index (χ2v) is 6.71. The zero-order valence-electron chi connectivity index (χ0n) is 14.5. The van der Waals surface area contributed by atoms with Crippen LogP contribution < -0.4 is 0 Å².